The summed E-state index contributed by atoms with van der Waals surface area (Å²) in [6.45, 7) is 1.89. The number of halogens is 1. The van der Waals surface area contributed by atoms with Crippen LogP contribution in [0.15, 0.2) is 90.2 Å². The second-order valence-electron chi connectivity index (χ2n) is 9.41. The molecule has 39 heavy (non-hydrogen) atoms. The zero-order valence-electron chi connectivity index (χ0n) is 21.9. The molecule has 198 valence electrons. The number of aryl methyl sites for hydroxylation is 2. The van der Waals surface area contributed by atoms with Crippen molar-refractivity contribution in [3.05, 3.63) is 113 Å². The highest BCUT2D eigenvalue weighted by Gasteiger charge is 2.17. The van der Waals surface area contributed by atoms with Crippen molar-refractivity contribution in [3.8, 4) is 0 Å². The van der Waals surface area contributed by atoms with Crippen molar-refractivity contribution >= 4 is 43.9 Å². The average Bonchev–Trinajstić information content (AvgIpc) is 3.29. The van der Waals surface area contributed by atoms with Gasteiger partial charge >= 0.3 is 0 Å². The Morgan fingerprint density at radius 2 is 1.64 bits per heavy atom. The third kappa shape index (κ3) is 5.88. The molecule has 5 aromatic rings. The van der Waals surface area contributed by atoms with Crippen LogP contribution in [0.25, 0.3) is 11.0 Å². The summed E-state index contributed by atoms with van der Waals surface area (Å²) in [5.74, 6) is 0.0243. The predicted octanol–water partition coefficient (Wildman–Crippen LogP) is 6.13. The number of fused-ring (bicyclic) bond motifs is 1. The molecule has 0 aliphatic heterocycles. The lowest BCUT2D eigenvalue weighted by Crippen LogP contribution is -2.06. The zero-order valence-corrected chi connectivity index (χ0v) is 22.7. The molecule has 2 aromatic heterocycles. The van der Waals surface area contributed by atoms with Crippen LogP contribution in [0.1, 0.15) is 29.2 Å². The van der Waals surface area contributed by atoms with Gasteiger partial charge in [0.25, 0.3) is 0 Å². The number of rotatable bonds is 8. The van der Waals surface area contributed by atoms with E-state index in [1.807, 2.05) is 79.2 Å². The van der Waals surface area contributed by atoms with Gasteiger partial charge in [0.15, 0.2) is 15.7 Å². The maximum absolute atomic E-state index is 15.3. The van der Waals surface area contributed by atoms with Crippen molar-refractivity contribution in [1.82, 2.24) is 14.5 Å². The van der Waals surface area contributed by atoms with Gasteiger partial charge in [-0.05, 0) is 23.6 Å². The summed E-state index contributed by atoms with van der Waals surface area (Å²) in [6, 6.07) is 24.5. The van der Waals surface area contributed by atoms with Crippen LogP contribution in [0.4, 0.5) is 21.7 Å². The van der Waals surface area contributed by atoms with Crippen LogP contribution in [0.5, 0.6) is 0 Å². The highest BCUT2D eigenvalue weighted by molar-refractivity contribution is 7.89. The summed E-state index contributed by atoms with van der Waals surface area (Å²) in [6.07, 6.45) is 3.33. The Labute approximate surface area is 227 Å². The van der Waals surface area contributed by atoms with E-state index in [0.29, 0.717) is 34.7 Å². The van der Waals surface area contributed by atoms with Gasteiger partial charge in [0.1, 0.15) is 17.2 Å². The van der Waals surface area contributed by atoms with Crippen molar-refractivity contribution < 1.29 is 12.8 Å². The lowest BCUT2D eigenvalue weighted by molar-refractivity contribution is 0.600. The summed E-state index contributed by atoms with van der Waals surface area (Å²) >= 11 is 0. The second-order valence-corrected chi connectivity index (χ2v) is 11.5. The minimum atomic E-state index is -3.30. The van der Waals surface area contributed by atoms with Gasteiger partial charge < -0.3 is 9.88 Å². The van der Waals surface area contributed by atoms with Crippen molar-refractivity contribution in [2.24, 2.45) is 12.0 Å². The molecule has 0 aliphatic rings. The Kier molecular flexibility index (Phi) is 7.26. The number of benzene rings is 3. The normalized spacial score (nSPS) is 11.5. The van der Waals surface area contributed by atoms with E-state index in [-0.39, 0.29) is 11.4 Å². The van der Waals surface area contributed by atoms with E-state index in [2.05, 4.69) is 10.3 Å². The molecule has 0 amide bonds. The first-order valence-electron chi connectivity index (χ1n) is 12.5. The third-order valence-electron chi connectivity index (χ3n) is 6.30. The Bertz CT molecular complexity index is 1740. The fourth-order valence-electron chi connectivity index (χ4n) is 4.51. The molecule has 0 radical (unpaired) electrons. The topological polar surface area (TPSA) is 89.2 Å². The van der Waals surface area contributed by atoms with Crippen LogP contribution in [0, 0.1) is 5.82 Å². The second kappa shape index (κ2) is 10.8. The summed E-state index contributed by atoms with van der Waals surface area (Å²) in [4.78, 5) is 14.3. The number of aromatic nitrogens is 3. The molecule has 0 saturated carbocycles. The van der Waals surface area contributed by atoms with E-state index in [0.717, 1.165) is 28.6 Å². The molecule has 0 spiro atoms. The number of imidazole rings is 1. The molecular weight excluding hydrogens is 513 g/mol. The van der Waals surface area contributed by atoms with Gasteiger partial charge in [-0.1, -0.05) is 73.7 Å². The number of aliphatic imine (C=N–C) groups is 1. The third-order valence-corrected chi connectivity index (χ3v) is 7.16. The van der Waals surface area contributed by atoms with Gasteiger partial charge in [-0.25, -0.2) is 27.8 Å². The monoisotopic (exact) mass is 541 g/mol. The average molecular weight is 542 g/mol. The van der Waals surface area contributed by atoms with Gasteiger partial charge in [-0.3, -0.25) is 0 Å². The Morgan fingerprint density at radius 1 is 1.00 bits per heavy atom. The summed E-state index contributed by atoms with van der Waals surface area (Å²) in [5, 5.41) is 3.14. The zero-order chi connectivity index (χ0) is 27.6. The van der Waals surface area contributed by atoms with Crippen LogP contribution in [0.3, 0.4) is 0 Å². The minimum Gasteiger partial charge on any atom is -0.337 e. The van der Waals surface area contributed by atoms with Crippen LogP contribution in [0.2, 0.25) is 0 Å². The van der Waals surface area contributed by atoms with Gasteiger partial charge in [0.05, 0.1) is 29.0 Å². The predicted molar refractivity (Wildman–Crippen MR) is 154 cm³/mol. The Hall–Kier alpha value is -4.37. The first-order chi connectivity index (χ1) is 18.7. The van der Waals surface area contributed by atoms with Crippen LogP contribution in [-0.2, 0) is 29.1 Å². The molecule has 5 rings (SSSR count). The molecule has 0 bridgehead atoms. The lowest BCUT2D eigenvalue weighted by Gasteiger charge is -2.15. The van der Waals surface area contributed by atoms with Crippen molar-refractivity contribution in [3.63, 3.8) is 0 Å². The highest BCUT2D eigenvalue weighted by atomic mass is 32.2. The lowest BCUT2D eigenvalue weighted by atomic mass is 10.0. The van der Waals surface area contributed by atoms with Crippen LogP contribution in [-0.4, -0.2) is 34.9 Å². The van der Waals surface area contributed by atoms with Crippen molar-refractivity contribution in [2.45, 2.75) is 19.1 Å². The molecule has 0 aliphatic carbocycles. The molecule has 0 unspecified atom stereocenters. The van der Waals surface area contributed by atoms with E-state index in [1.165, 1.54) is 6.07 Å². The maximum Gasteiger partial charge on any atom is 0.183 e. The quantitative estimate of drug-likeness (QED) is 0.239. The van der Waals surface area contributed by atoms with Gasteiger partial charge in [-0.2, -0.15) is 0 Å². The fourth-order valence-corrected chi connectivity index (χ4v) is 5.28. The first kappa shape index (κ1) is 26.2. The number of nitrogens with one attached hydrogen (secondary N) is 1. The van der Waals surface area contributed by atoms with Crippen molar-refractivity contribution in [1.29, 1.82) is 0 Å². The minimum absolute atomic E-state index is 0.225. The Balaban J connectivity index is 1.64. The maximum atomic E-state index is 15.3. The van der Waals surface area contributed by atoms with Gasteiger partial charge in [-0.15, -0.1) is 0 Å². The van der Waals surface area contributed by atoms with Gasteiger partial charge in [0.2, 0.25) is 0 Å². The number of hydrogen-bond donors (Lipinski definition) is 1. The molecular formula is C30H28FN5O2S. The van der Waals surface area contributed by atoms with E-state index in [1.54, 1.807) is 18.5 Å². The molecule has 2 heterocycles. The summed E-state index contributed by atoms with van der Waals surface area (Å²) in [5.41, 5.74) is 5.30. The number of nitrogens with zero attached hydrogens (tertiary/aromatic N) is 4. The Morgan fingerprint density at radius 3 is 2.23 bits per heavy atom. The molecule has 7 nitrogen and oxygen atoms in total. The van der Waals surface area contributed by atoms with Crippen LogP contribution >= 0.6 is 0 Å². The smallest absolute Gasteiger partial charge is 0.183 e. The SMILES string of the molecule is CCc1cc(CS(C)(=O)=O)cc(F)c1Nc1cc2c(ncn2C)c(N=C(c2ccccc2)c2ccccc2)n1. The summed E-state index contributed by atoms with van der Waals surface area (Å²) < 4.78 is 40.7. The van der Waals surface area contributed by atoms with E-state index >= 15 is 4.39 Å². The molecule has 1 N–H and O–H groups in total. The van der Waals surface area contributed by atoms with E-state index < -0.39 is 15.7 Å². The standard InChI is InChI=1S/C30H28FN5O2S/c1-4-21-15-20(18-39(3,37)38)16-24(31)28(21)33-26-17-25-29(32-19-36(25)2)30(34-26)35-27(22-11-7-5-8-12-22)23-13-9-6-10-14-23/h5-17,19H,4,18H2,1-3H3,(H,33,34). The first-order valence-corrected chi connectivity index (χ1v) is 14.6. The largest absolute Gasteiger partial charge is 0.337 e. The van der Waals surface area contributed by atoms with Crippen LogP contribution < -0.4 is 5.32 Å². The highest BCUT2D eigenvalue weighted by Crippen LogP contribution is 2.31. The summed E-state index contributed by atoms with van der Waals surface area (Å²) in [7, 11) is -1.43. The van der Waals surface area contributed by atoms with Gasteiger partial charge in [0, 0.05) is 30.5 Å². The molecule has 0 atom stereocenters. The molecule has 9 heteroatoms. The molecule has 0 fully saturated rings. The van der Waals surface area contributed by atoms with Crippen molar-refractivity contribution in [2.75, 3.05) is 11.6 Å². The number of sulfone groups is 1. The fraction of sp³-hybridized carbons (Fsp3) is 0.167. The number of hydrogen-bond acceptors (Lipinski definition) is 6. The number of pyridine rings is 1. The van der Waals surface area contributed by atoms with E-state index in [9.17, 15) is 8.42 Å². The van der Waals surface area contributed by atoms with E-state index in [4.69, 9.17) is 9.98 Å². The molecule has 0 saturated heterocycles. The molecule has 3 aromatic carbocycles. The number of anilines is 2.